The lowest BCUT2D eigenvalue weighted by atomic mass is 9.53. The smallest absolute Gasteiger partial charge is 0.310 e. The molecule has 0 heterocycles. The van der Waals surface area contributed by atoms with Crippen LogP contribution < -0.4 is 0 Å². The molecule has 0 spiro atoms. The maximum absolute atomic E-state index is 14.0. The molecular formula is C24H38O4P+. The molecule has 0 bridgehead atoms. The Bertz CT molecular complexity index is 711. The van der Waals surface area contributed by atoms with E-state index in [1.54, 1.807) is 0 Å². The normalized spacial score (nSPS) is 17.8. The fourth-order valence-corrected chi connectivity index (χ4v) is 5.09. The van der Waals surface area contributed by atoms with Gasteiger partial charge in [0.1, 0.15) is 0 Å². The van der Waals surface area contributed by atoms with Crippen molar-refractivity contribution < 1.29 is 19.3 Å². The lowest BCUT2D eigenvalue weighted by molar-refractivity contribution is -0.157. The zero-order chi connectivity index (χ0) is 22.4. The second kappa shape index (κ2) is 10.5. The Morgan fingerprint density at radius 2 is 1.55 bits per heavy atom. The largest absolute Gasteiger partial charge is 0.481 e. The maximum atomic E-state index is 14.0. The fourth-order valence-electron chi connectivity index (χ4n) is 5.09. The Labute approximate surface area is 178 Å². The predicted octanol–water partition coefficient (Wildman–Crippen LogP) is 6.48. The summed E-state index contributed by atoms with van der Waals surface area (Å²) in [7, 11) is 1.17. The van der Waals surface area contributed by atoms with Crippen LogP contribution in [0.25, 0.3) is 0 Å². The van der Waals surface area contributed by atoms with Gasteiger partial charge in [-0.15, -0.1) is 0 Å². The first-order valence-corrected chi connectivity index (χ1v) is 11.1. The average Bonchev–Trinajstić information content (AvgIpc) is 2.67. The SMILES string of the molecule is Cc1cc(C)c(C(=O)C2(C(C)(CCC(C)C)C(=O)O)CCCCC2)c(C)c1.O=[PH2+]. The Balaban J connectivity index is 0.00000204. The molecular weight excluding hydrogens is 383 g/mol. The summed E-state index contributed by atoms with van der Waals surface area (Å²) in [5.41, 5.74) is 1.99. The van der Waals surface area contributed by atoms with Crippen LogP contribution >= 0.6 is 9.12 Å². The lowest BCUT2D eigenvalue weighted by Gasteiger charge is -2.48. The number of ketones is 1. The van der Waals surface area contributed by atoms with E-state index in [9.17, 15) is 14.7 Å². The van der Waals surface area contributed by atoms with E-state index in [1.807, 2.05) is 39.8 Å². The van der Waals surface area contributed by atoms with Gasteiger partial charge in [-0.05, 0) is 70.4 Å². The van der Waals surface area contributed by atoms with E-state index in [0.717, 1.165) is 47.9 Å². The van der Waals surface area contributed by atoms with E-state index in [-0.39, 0.29) is 5.78 Å². The number of carboxylic acid groups (broad SMARTS) is 1. The number of carbonyl (C=O) groups is 2. The third-order valence-electron chi connectivity index (χ3n) is 6.80. The second-order valence-corrected chi connectivity index (χ2v) is 9.32. The van der Waals surface area contributed by atoms with Gasteiger partial charge in [-0.25, -0.2) is 0 Å². The molecule has 162 valence electrons. The van der Waals surface area contributed by atoms with E-state index in [2.05, 4.69) is 13.8 Å². The van der Waals surface area contributed by atoms with Crippen LogP contribution in [0.5, 0.6) is 0 Å². The number of hydrogen-bond acceptors (Lipinski definition) is 3. The third kappa shape index (κ3) is 5.15. The maximum Gasteiger partial charge on any atom is 0.310 e. The third-order valence-corrected chi connectivity index (χ3v) is 6.80. The minimum Gasteiger partial charge on any atom is -0.481 e. The minimum absolute atomic E-state index is 0.0610. The summed E-state index contributed by atoms with van der Waals surface area (Å²) in [6.45, 7) is 12.1. The Morgan fingerprint density at radius 3 is 1.97 bits per heavy atom. The second-order valence-electron chi connectivity index (χ2n) is 9.32. The monoisotopic (exact) mass is 421 g/mol. The van der Waals surface area contributed by atoms with Gasteiger partial charge < -0.3 is 5.11 Å². The summed E-state index contributed by atoms with van der Waals surface area (Å²) in [5, 5.41) is 10.3. The number of hydrogen-bond donors (Lipinski definition) is 1. The van der Waals surface area contributed by atoms with Crippen molar-refractivity contribution in [3.8, 4) is 0 Å². The number of carbonyl (C=O) groups excluding carboxylic acids is 1. The van der Waals surface area contributed by atoms with Gasteiger partial charge in [0, 0.05) is 11.0 Å². The van der Waals surface area contributed by atoms with Gasteiger partial charge >= 0.3 is 15.1 Å². The molecule has 2 rings (SSSR count). The van der Waals surface area contributed by atoms with Crippen LogP contribution in [0.15, 0.2) is 12.1 Å². The summed E-state index contributed by atoms with van der Waals surface area (Å²) in [5.74, 6) is -0.339. The number of carboxylic acids is 1. The molecule has 0 amide bonds. The Hall–Kier alpha value is -1.54. The molecule has 2 unspecified atom stereocenters. The molecule has 1 saturated carbocycles. The van der Waals surface area contributed by atoms with Crippen molar-refractivity contribution in [2.24, 2.45) is 16.7 Å². The summed E-state index contributed by atoms with van der Waals surface area (Å²) >= 11 is 0. The van der Waals surface area contributed by atoms with Crippen LogP contribution in [-0.4, -0.2) is 16.9 Å². The molecule has 0 aromatic heterocycles. The quantitative estimate of drug-likeness (QED) is 0.404. The van der Waals surface area contributed by atoms with Crippen LogP contribution in [0.3, 0.4) is 0 Å². The first kappa shape index (κ1) is 25.5. The number of Topliss-reactive ketones (excluding diaryl/α,β-unsaturated/α-hetero) is 1. The first-order chi connectivity index (χ1) is 13.5. The molecule has 1 aromatic carbocycles. The minimum atomic E-state index is -1.03. The highest BCUT2D eigenvalue weighted by Crippen LogP contribution is 2.55. The lowest BCUT2D eigenvalue weighted by Crippen LogP contribution is -2.52. The number of aryl methyl sites for hydroxylation is 3. The zero-order valence-corrected chi connectivity index (χ0v) is 20.1. The topological polar surface area (TPSA) is 71.4 Å². The molecule has 1 N–H and O–H groups in total. The highest BCUT2D eigenvalue weighted by atomic mass is 31.0. The van der Waals surface area contributed by atoms with Crippen molar-refractivity contribution in [2.75, 3.05) is 0 Å². The number of aliphatic carboxylic acids is 1. The van der Waals surface area contributed by atoms with Gasteiger partial charge in [-0.3, -0.25) is 9.59 Å². The fraction of sp³-hybridized carbons (Fsp3) is 0.667. The molecule has 1 aromatic rings. The molecule has 0 saturated heterocycles. The molecule has 1 aliphatic carbocycles. The zero-order valence-electron chi connectivity index (χ0n) is 18.9. The molecule has 1 aliphatic rings. The number of rotatable bonds is 7. The standard InChI is InChI=1S/C24H36O3.H2OP/c1-16(2)10-13-23(6,22(26)27)24(11-8-7-9-12-24)21(25)20-18(4)14-17(3)15-19(20)5;1-2/h14-16H,7-13H2,1-6H3,(H,26,27);2H2/q;+1. The van der Waals surface area contributed by atoms with E-state index < -0.39 is 16.8 Å². The summed E-state index contributed by atoms with van der Waals surface area (Å²) < 4.78 is 8.17. The highest BCUT2D eigenvalue weighted by molar-refractivity contribution is 7.00. The predicted molar refractivity (Wildman–Crippen MR) is 121 cm³/mol. The van der Waals surface area contributed by atoms with Gasteiger partial charge in [-0.2, -0.15) is 0 Å². The van der Waals surface area contributed by atoms with E-state index in [0.29, 0.717) is 25.2 Å². The van der Waals surface area contributed by atoms with Crippen molar-refractivity contribution in [2.45, 2.75) is 86.5 Å². The van der Waals surface area contributed by atoms with Gasteiger partial charge in [-0.1, -0.05) is 55.4 Å². The molecule has 4 nitrogen and oxygen atoms in total. The van der Waals surface area contributed by atoms with Crippen LogP contribution in [-0.2, 0) is 9.36 Å². The van der Waals surface area contributed by atoms with Crippen molar-refractivity contribution >= 4 is 20.9 Å². The highest BCUT2D eigenvalue weighted by Gasteiger charge is 2.57. The Morgan fingerprint density at radius 1 is 1.07 bits per heavy atom. The van der Waals surface area contributed by atoms with E-state index in [4.69, 9.17) is 4.57 Å². The van der Waals surface area contributed by atoms with E-state index in [1.165, 1.54) is 9.12 Å². The molecule has 1 fully saturated rings. The molecule has 29 heavy (non-hydrogen) atoms. The van der Waals surface area contributed by atoms with Gasteiger partial charge in [0.15, 0.2) is 5.78 Å². The van der Waals surface area contributed by atoms with Crippen molar-refractivity contribution in [3.05, 3.63) is 34.4 Å². The average molecular weight is 422 g/mol. The first-order valence-electron chi connectivity index (χ1n) is 10.6. The molecule has 5 heteroatoms. The Kier molecular flexibility index (Phi) is 9.21. The molecule has 2 atom stereocenters. The van der Waals surface area contributed by atoms with Crippen LogP contribution in [0.2, 0.25) is 0 Å². The number of benzene rings is 1. The van der Waals surface area contributed by atoms with Crippen molar-refractivity contribution in [1.29, 1.82) is 0 Å². The van der Waals surface area contributed by atoms with Crippen LogP contribution in [0, 0.1) is 37.5 Å². The van der Waals surface area contributed by atoms with Gasteiger partial charge in [0.25, 0.3) is 0 Å². The molecule has 0 radical (unpaired) electrons. The van der Waals surface area contributed by atoms with Crippen LogP contribution in [0.1, 0.15) is 92.8 Å². The summed E-state index contributed by atoms with van der Waals surface area (Å²) in [6, 6.07) is 4.09. The van der Waals surface area contributed by atoms with E-state index >= 15 is 0 Å². The van der Waals surface area contributed by atoms with Gasteiger partial charge in [0.05, 0.1) is 5.41 Å². The van der Waals surface area contributed by atoms with Crippen molar-refractivity contribution in [1.82, 2.24) is 0 Å². The summed E-state index contributed by atoms with van der Waals surface area (Å²) in [6.07, 6.45) is 5.68. The molecule has 0 aliphatic heterocycles. The van der Waals surface area contributed by atoms with Gasteiger partial charge in [0.2, 0.25) is 0 Å². The summed E-state index contributed by atoms with van der Waals surface area (Å²) in [4.78, 5) is 26.6. The van der Waals surface area contributed by atoms with Crippen LogP contribution in [0.4, 0.5) is 0 Å². The van der Waals surface area contributed by atoms with Crippen molar-refractivity contribution in [3.63, 3.8) is 0 Å².